The molecule has 0 saturated carbocycles. The van der Waals surface area contributed by atoms with Crippen molar-refractivity contribution < 1.29 is 24.4 Å². The third-order valence-corrected chi connectivity index (χ3v) is 2.07. The Kier molecular flexibility index (Phi) is 3.76. The van der Waals surface area contributed by atoms with Gasteiger partial charge in [0.15, 0.2) is 0 Å². The highest BCUT2D eigenvalue weighted by Gasteiger charge is 2.20. The van der Waals surface area contributed by atoms with Crippen LogP contribution in [0.5, 0.6) is 5.75 Å². The van der Waals surface area contributed by atoms with E-state index in [1.54, 1.807) is 0 Å². The lowest BCUT2D eigenvalue weighted by molar-refractivity contribution is -0.385. The average molecular weight is 239 g/mol. The van der Waals surface area contributed by atoms with Gasteiger partial charge in [-0.25, -0.2) is 4.79 Å². The smallest absolute Gasteiger partial charge is 0.372 e. The fourth-order valence-corrected chi connectivity index (χ4v) is 1.26. The standard InChI is InChI=1S/C10H9NO6/c1-17-7-2-3-8(11(15)16)6(4-7)5-9(12)10(13)14/h2-4H,5H2,1H3,(H,13,14). The summed E-state index contributed by atoms with van der Waals surface area (Å²) in [6, 6.07) is 3.81. The van der Waals surface area contributed by atoms with Gasteiger partial charge in [-0.1, -0.05) is 0 Å². The number of aliphatic carboxylic acids is 1. The summed E-state index contributed by atoms with van der Waals surface area (Å²) in [5, 5.41) is 19.1. The lowest BCUT2D eigenvalue weighted by Crippen LogP contribution is -2.15. The van der Waals surface area contributed by atoms with Crippen LogP contribution in [0.3, 0.4) is 0 Å². The maximum absolute atomic E-state index is 11.0. The van der Waals surface area contributed by atoms with E-state index in [-0.39, 0.29) is 11.3 Å². The molecular weight excluding hydrogens is 230 g/mol. The van der Waals surface area contributed by atoms with Crippen molar-refractivity contribution in [2.45, 2.75) is 6.42 Å². The van der Waals surface area contributed by atoms with Crippen LogP contribution in [0, 0.1) is 10.1 Å². The molecule has 0 aliphatic carbocycles. The molecule has 0 radical (unpaired) electrons. The molecule has 1 aromatic rings. The number of methoxy groups -OCH3 is 1. The summed E-state index contributed by atoms with van der Waals surface area (Å²) >= 11 is 0. The van der Waals surface area contributed by atoms with Crippen LogP contribution in [0.15, 0.2) is 18.2 Å². The Bertz CT molecular complexity index is 482. The van der Waals surface area contributed by atoms with Gasteiger partial charge in [-0.3, -0.25) is 14.9 Å². The van der Waals surface area contributed by atoms with Crippen molar-refractivity contribution >= 4 is 17.4 Å². The quantitative estimate of drug-likeness (QED) is 0.462. The number of nitro groups is 1. The van der Waals surface area contributed by atoms with Crippen LogP contribution >= 0.6 is 0 Å². The molecule has 0 aliphatic heterocycles. The van der Waals surface area contributed by atoms with E-state index >= 15 is 0 Å². The highest BCUT2D eigenvalue weighted by atomic mass is 16.6. The number of rotatable bonds is 5. The topological polar surface area (TPSA) is 107 Å². The van der Waals surface area contributed by atoms with Crippen molar-refractivity contribution in [3.63, 3.8) is 0 Å². The molecule has 7 nitrogen and oxygen atoms in total. The minimum absolute atomic E-state index is 0.0155. The summed E-state index contributed by atoms with van der Waals surface area (Å²) < 4.78 is 4.85. The number of carboxylic acids is 1. The number of ether oxygens (including phenoxy) is 1. The summed E-state index contributed by atoms with van der Waals surface area (Å²) in [5.41, 5.74) is -0.290. The van der Waals surface area contributed by atoms with E-state index in [4.69, 9.17) is 9.84 Å². The number of benzene rings is 1. The van der Waals surface area contributed by atoms with E-state index in [2.05, 4.69) is 0 Å². The molecule has 1 aromatic carbocycles. The molecule has 0 unspecified atom stereocenters. The number of nitro benzene ring substituents is 1. The summed E-state index contributed by atoms with van der Waals surface area (Å²) in [7, 11) is 1.37. The van der Waals surface area contributed by atoms with Crippen molar-refractivity contribution in [2.24, 2.45) is 0 Å². The van der Waals surface area contributed by atoms with E-state index in [1.807, 2.05) is 0 Å². The fraction of sp³-hybridized carbons (Fsp3) is 0.200. The molecule has 0 amide bonds. The van der Waals surface area contributed by atoms with E-state index in [0.29, 0.717) is 5.75 Å². The Balaban J connectivity index is 3.13. The predicted molar refractivity (Wildman–Crippen MR) is 56.0 cm³/mol. The number of carboxylic acid groups (broad SMARTS) is 1. The van der Waals surface area contributed by atoms with Crippen LogP contribution in [-0.2, 0) is 16.0 Å². The van der Waals surface area contributed by atoms with E-state index < -0.39 is 23.1 Å². The van der Waals surface area contributed by atoms with Crippen LogP contribution in [0.2, 0.25) is 0 Å². The first-order valence-corrected chi connectivity index (χ1v) is 4.53. The van der Waals surface area contributed by atoms with Crippen molar-refractivity contribution in [3.8, 4) is 5.75 Å². The first-order chi connectivity index (χ1) is 7.95. The lowest BCUT2D eigenvalue weighted by atomic mass is 10.1. The minimum Gasteiger partial charge on any atom is -0.497 e. The second kappa shape index (κ2) is 5.06. The molecule has 90 valence electrons. The van der Waals surface area contributed by atoms with Gasteiger partial charge < -0.3 is 9.84 Å². The minimum atomic E-state index is -1.62. The highest BCUT2D eigenvalue weighted by Crippen LogP contribution is 2.24. The van der Waals surface area contributed by atoms with Crippen molar-refractivity contribution in [1.29, 1.82) is 0 Å². The third-order valence-electron chi connectivity index (χ3n) is 2.07. The summed E-state index contributed by atoms with van der Waals surface area (Å²) in [4.78, 5) is 31.4. The summed E-state index contributed by atoms with van der Waals surface area (Å²) in [6.07, 6.45) is -0.539. The van der Waals surface area contributed by atoms with Gasteiger partial charge in [0.2, 0.25) is 5.78 Å². The Labute approximate surface area is 95.8 Å². The molecule has 0 heterocycles. The van der Waals surface area contributed by atoms with Crippen molar-refractivity contribution in [3.05, 3.63) is 33.9 Å². The van der Waals surface area contributed by atoms with Gasteiger partial charge in [-0.05, 0) is 12.1 Å². The number of Topliss-reactive ketones (excluding diaryl/α,β-unsaturated/α-hetero) is 1. The van der Waals surface area contributed by atoms with Gasteiger partial charge in [0.25, 0.3) is 5.69 Å². The van der Waals surface area contributed by atoms with Gasteiger partial charge >= 0.3 is 5.97 Å². The number of nitrogens with zero attached hydrogens (tertiary/aromatic N) is 1. The molecule has 0 aliphatic rings. The maximum Gasteiger partial charge on any atom is 0.372 e. The number of carbonyl (C=O) groups excluding carboxylic acids is 1. The SMILES string of the molecule is COc1ccc([N+](=O)[O-])c(CC(=O)C(=O)O)c1. The second-order valence-electron chi connectivity index (χ2n) is 3.16. The fourth-order valence-electron chi connectivity index (χ4n) is 1.26. The van der Waals surface area contributed by atoms with E-state index in [9.17, 15) is 19.7 Å². The Morgan fingerprint density at radius 1 is 1.47 bits per heavy atom. The molecule has 7 heteroatoms. The molecular formula is C10H9NO6. The number of hydrogen-bond acceptors (Lipinski definition) is 5. The zero-order valence-electron chi connectivity index (χ0n) is 8.87. The normalized spacial score (nSPS) is 9.71. The van der Waals surface area contributed by atoms with Gasteiger partial charge in [0.1, 0.15) is 5.75 Å². The van der Waals surface area contributed by atoms with Crippen molar-refractivity contribution in [1.82, 2.24) is 0 Å². The summed E-state index contributed by atoms with van der Waals surface area (Å²) in [5.74, 6) is -2.41. The van der Waals surface area contributed by atoms with Crippen LogP contribution in [0.25, 0.3) is 0 Å². The summed E-state index contributed by atoms with van der Waals surface area (Å²) in [6.45, 7) is 0. The zero-order valence-corrected chi connectivity index (χ0v) is 8.87. The molecule has 0 saturated heterocycles. The highest BCUT2D eigenvalue weighted by molar-refractivity contribution is 6.33. The third kappa shape index (κ3) is 3.00. The van der Waals surface area contributed by atoms with Gasteiger partial charge in [-0.15, -0.1) is 0 Å². The molecule has 0 spiro atoms. The second-order valence-corrected chi connectivity index (χ2v) is 3.16. The number of carbonyl (C=O) groups is 2. The zero-order chi connectivity index (χ0) is 13.0. The molecule has 1 N–H and O–H groups in total. The molecule has 0 atom stereocenters. The molecule has 17 heavy (non-hydrogen) atoms. The van der Waals surface area contributed by atoms with Gasteiger partial charge in [0.05, 0.1) is 12.0 Å². The Morgan fingerprint density at radius 2 is 2.12 bits per heavy atom. The molecule has 0 aromatic heterocycles. The van der Waals surface area contributed by atoms with Gasteiger partial charge in [0, 0.05) is 18.1 Å². The van der Waals surface area contributed by atoms with E-state index in [0.717, 1.165) is 0 Å². The largest absolute Gasteiger partial charge is 0.497 e. The maximum atomic E-state index is 11.0. The first kappa shape index (κ1) is 12.6. The molecule has 1 rings (SSSR count). The molecule has 0 bridgehead atoms. The van der Waals surface area contributed by atoms with Crippen LogP contribution in [0.1, 0.15) is 5.56 Å². The Morgan fingerprint density at radius 3 is 2.59 bits per heavy atom. The first-order valence-electron chi connectivity index (χ1n) is 4.53. The Hall–Kier alpha value is -2.44. The van der Waals surface area contributed by atoms with Crippen molar-refractivity contribution in [2.75, 3.05) is 7.11 Å². The monoisotopic (exact) mass is 239 g/mol. The van der Waals surface area contributed by atoms with Crippen LogP contribution in [-0.4, -0.2) is 28.9 Å². The molecule has 0 fully saturated rings. The number of ketones is 1. The lowest BCUT2D eigenvalue weighted by Gasteiger charge is -2.04. The van der Waals surface area contributed by atoms with E-state index in [1.165, 1.54) is 25.3 Å². The average Bonchev–Trinajstić information content (AvgIpc) is 2.28. The van der Waals surface area contributed by atoms with Crippen LogP contribution in [0.4, 0.5) is 5.69 Å². The van der Waals surface area contributed by atoms with Crippen LogP contribution < -0.4 is 4.74 Å². The number of hydrogen-bond donors (Lipinski definition) is 1. The van der Waals surface area contributed by atoms with Gasteiger partial charge in [-0.2, -0.15) is 0 Å². The predicted octanol–water partition coefficient (Wildman–Crippen LogP) is 0.800.